The number of benzene rings is 1. The average Bonchev–Trinajstić information content (AvgIpc) is 3.04. The van der Waals surface area contributed by atoms with Crippen LogP contribution in [0.15, 0.2) is 29.3 Å². The Balaban J connectivity index is 2.08. The molecule has 2 rings (SSSR count). The second kappa shape index (κ2) is 9.78. The number of likely N-dealkylation sites (tertiary alicyclic amines) is 1. The maximum absolute atomic E-state index is 5.32. The second-order valence-corrected chi connectivity index (χ2v) is 7.14. The monoisotopic (exact) mass is 346 g/mol. The summed E-state index contributed by atoms with van der Waals surface area (Å²) in [6.45, 7) is 8.81. The number of rotatable bonds is 7. The van der Waals surface area contributed by atoms with Crippen LogP contribution in [0.25, 0.3) is 0 Å². The number of hydrogen-bond acceptors (Lipinski definition) is 3. The van der Waals surface area contributed by atoms with Crippen LogP contribution in [0.3, 0.4) is 0 Å². The highest BCUT2D eigenvalue weighted by atomic mass is 16.5. The minimum absolute atomic E-state index is 0.284. The largest absolute Gasteiger partial charge is 0.384 e. The molecule has 5 nitrogen and oxygen atoms in total. The zero-order valence-electron chi connectivity index (χ0n) is 16.5. The van der Waals surface area contributed by atoms with E-state index in [2.05, 4.69) is 67.3 Å². The number of guanidine groups is 1. The first-order valence-electron chi connectivity index (χ1n) is 9.30. The predicted molar refractivity (Wildman–Crippen MR) is 105 cm³/mol. The van der Waals surface area contributed by atoms with Gasteiger partial charge in [0.25, 0.3) is 0 Å². The fourth-order valence-electron chi connectivity index (χ4n) is 3.35. The van der Waals surface area contributed by atoms with E-state index in [0.717, 1.165) is 38.7 Å². The van der Waals surface area contributed by atoms with E-state index >= 15 is 0 Å². The molecule has 1 aromatic carbocycles. The maximum Gasteiger partial charge on any atom is 0.193 e. The Hall–Kier alpha value is -1.59. The molecule has 2 unspecified atom stereocenters. The van der Waals surface area contributed by atoms with Crippen molar-refractivity contribution in [1.82, 2.24) is 15.1 Å². The molecule has 2 atom stereocenters. The minimum atomic E-state index is 0.284. The fourth-order valence-corrected chi connectivity index (χ4v) is 3.35. The molecule has 1 aliphatic rings. The van der Waals surface area contributed by atoms with Crippen molar-refractivity contribution in [2.45, 2.75) is 26.3 Å². The van der Waals surface area contributed by atoms with Gasteiger partial charge in [-0.1, -0.05) is 29.8 Å². The van der Waals surface area contributed by atoms with Crippen molar-refractivity contribution in [3.8, 4) is 0 Å². The van der Waals surface area contributed by atoms with Crippen molar-refractivity contribution in [3.63, 3.8) is 0 Å². The summed E-state index contributed by atoms with van der Waals surface area (Å²) in [6, 6.07) is 9.07. The molecular formula is C20H34N4O. The number of aliphatic imine (C=N–C) groups is 1. The number of aryl methyl sites for hydroxylation is 1. The van der Waals surface area contributed by atoms with Crippen molar-refractivity contribution < 1.29 is 4.74 Å². The summed E-state index contributed by atoms with van der Waals surface area (Å²) in [5.41, 5.74) is 2.60. The van der Waals surface area contributed by atoms with Gasteiger partial charge in [0.05, 0.1) is 19.2 Å². The molecule has 0 bridgehead atoms. The van der Waals surface area contributed by atoms with Crippen LogP contribution in [0.5, 0.6) is 0 Å². The molecule has 0 radical (unpaired) electrons. The van der Waals surface area contributed by atoms with Crippen molar-refractivity contribution in [1.29, 1.82) is 0 Å². The second-order valence-electron chi connectivity index (χ2n) is 7.14. The lowest BCUT2D eigenvalue weighted by Crippen LogP contribution is -2.41. The number of ether oxygens (including phenoxy) is 1. The van der Waals surface area contributed by atoms with Gasteiger partial charge in [-0.15, -0.1) is 0 Å². The summed E-state index contributed by atoms with van der Waals surface area (Å²) in [5.74, 6) is 1.63. The summed E-state index contributed by atoms with van der Waals surface area (Å²) in [5, 5.41) is 3.46. The third-order valence-corrected chi connectivity index (χ3v) is 4.82. The summed E-state index contributed by atoms with van der Waals surface area (Å²) < 4.78 is 5.32. The summed E-state index contributed by atoms with van der Waals surface area (Å²) in [4.78, 5) is 9.57. The van der Waals surface area contributed by atoms with Gasteiger partial charge in [0.15, 0.2) is 5.96 Å². The zero-order valence-corrected chi connectivity index (χ0v) is 16.5. The van der Waals surface area contributed by atoms with Crippen LogP contribution < -0.4 is 5.32 Å². The zero-order chi connectivity index (χ0) is 18.2. The van der Waals surface area contributed by atoms with Gasteiger partial charge in [-0.3, -0.25) is 4.99 Å². The van der Waals surface area contributed by atoms with Crippen LogP contribution in [0.4, 0.5) is 0 Å². The molecule has 140 valence electrons. The van der Waals surface area contributed by atoms with E-state index in [1.807, 2.05) is 0 Å². The Bertz CT molecular complexity index is 541. The Morgan fingerprint density at radius 2 is 2.08 bits per heavy atom. The Kier molecular flexibility index (Phi) is 7.72. The van der Waals surface area contributed by atoms with Gasteiger partial charge >= 0.3 is 0 Å². The van der Waals surface area contributed by atoms with Gasteiger partial charge in [0.1, 0.15) is 0 Å². The van der Waals surface area contributed by atoms with Crippen molar-refractivity contribution in [2.24, 2.45) is 10.9 Å². The lowest BCUT2D eigenvalue weighted by Gasteiger charge is -2.26. The first-order chi connectivity index (χ1) is 12.0. The molecule has 0 aromatic heterocycles. The molecule has 0 amide bonds. The van der Waals surface area contributed by atoms with Gasteiger partial charge in [0, 0.05) is 32.7 Å². The number of methoxy groups -OCH3 is 1. The molecule has 1 N–H and O–H groups in total. The predicted octanol–water partition coefficient (Wildman–Crippen LogP) is 2.53. The lowest BCUT2D eigenvalue weighted by atomic mass is 10.0. The molecular weight excluding hydrogens is 312 g/mol. The molecule has 25 heavy (non-hydrogen) atoms. The molecule has 0 spiro atoms. The molecule has 1 fully saturated rings. The van der Waals surface area contributed by atoms with E-state index < -0.39 is 0 Å². The molecule has 5 heteroatoms. The lowest BCUT2D eigenvalue weighted by molar-refractivity contribution is 0.157. The topological polar surface area (TPSA) is 40.1 Å². The van der Waals surface area contributed by atoms with E-state index in [9.17, 15) is 0 Å². The molecule has 1 saturated heterocycles. The SMILES string of the molecule is CCNC(=NCC(c1ccc(C)cc1)N(C)C)N1CCC(COC)C1. The van der Waals surface area contributed by atoms with E-state index in [1.54, 1.807) is 7.11 Å². The quantitative estimate of drug-likeness (QED) is 0.608. The number of nitrogens with zero attached hydrogens (tertiary/aromatic N) is 3. The third-order valence-electron chi connectivity index (χ3n) is 4.82. The van der Waals surface area contributed by atoms with Crippen molar-refractivity contribution in [2.75, 3.05) is 54.0 Å². The minimum Gasteiger partial charge on any atom is -0.384 e. The number of nitrogens with one attached hydrogen (secondary N) is 1. The standard InChI is InChI=1S/C20H34N4O/c1-6-21-20(24-12-11-17(14-24)15-25-5)22-13-19(23(3)4)18-9-7-16(2)8-10-18/h7-10,17,19H,6,11-15H2,1-5H3,(H,21,22). The highest BCUT2D eigenvalue weighted by Crippen LogP contribution is 2.20. The molecule has 1 aromatic rings. The summed E-state index contributed by atoms with van der Waals surface area (Å²) in [6.07, 6.45) is 1.17. The van der Waals surface area contributed by atoms with Crippen molar-refractivity contribution in [3.05, 3.63) is 35.4 Å². The third kappa shape index (κ3) is 5.72. The number of likely N-dealkylation sites (N-methyl/N-ethyl adjacent to an activating group) is 1. The Morgan fingerprint density at radius 1 is 1.36 bits per heavy atom. The maximum atomic E-state index is 5.32. The number of hydrogen-bond donors (Lipinski definition) is 1. The van der Waals surface area contributed by atoms with Gasteiger partial charge in [-0.2, -0.15) is 0 Å². The average molecular weight is 347 g/mol. The summed E-state index contributed by atoms with van der Waals surface area (Å²) >= 11 is 0. The van der Waals surface area contributed by atoms with Crippen LogP contribution in [-0.2, 0) is 4.74 Å². The molecule has 0 saturated carbocycles. The van der Waals surface area contributed by atoms with E-state index in [4.69, 9.17) is 9.73 Å². The van der Waals surface area contributed by atoms with E-state index in [0.29, 0.717) is 5.92 Å². The smallest absolute Gasteiger partial charge is 0.193 e. The van der Waals surface area contributed by atoms with E-state index in [1.165, 1.54) is 17.5 Å². The van der Waals surface area contributed by atoms with Crippen LogP contribution >= 0.6 is 0 Å². The summed E-state index contributed by atoms with van der Waals surface area (Å²) in [7, 11) is 6.03. The van der Waals surface area contributed by atoms with Gasteiger partial charge in [-0.25, -0.2) is 0 Å². The highest BCUT2D eigenvalue weighted by Gasteiger charge is 2.25. The Morgan fingerprint density at radius 3 is 2.68 bits per heavy atom. The first kappa shape index (κ1) is 19.7. The van der Waals surface area contributed by atoms with Crippen LogP contribution in [0, 0.1) is 12.8 Å². The fraction of sp³-hybridized carbons (Fsp3) is 0.650. The molecule has 1 aliphatic heterocycles. The normalized spacial score (nSPS) is 19.5. The molecule has 1 heterocycles. The van der Waals surface area contributed by atoms with Crippen molar-refractivity contribution >= 4 is 5.96 Å². The van der Waals surface area contributed by atoms with Crippen LogP contribution in [0.1, 0.15) is 30.5 Å². The Labute approximate surface area is 153 Å². The van der Waals surface area contributed by atoms with Crippen LogP contribution in [0.2, 0.25) is 0 Å². The first-order valence-corrected chi connectivity index (χ1v) is 9.30. The van der Waals surface area contributed by atoms with Gasteiger partial charge < -0.3 is 19.9 Å². The van der Waals surface area contributed by atoms with Gasteiger partial charge in [0.2, 0.25) is 0 Å². The van der Waals surface area contributed by atoms with Crippen LogP contribution in [-0.4, -0.2) is 69.8 Å². The highest BCUT2D eigenvalue weighted by molar-refractivity contribution is 5.80. The molecule has 0 aliphatic carbocycles. The van der Waals surface area contributed by atoms with Gasteiger partial charge in [-0.05, 0) is 39.9 Å². The van der Waals surface area contributed by atoms with E-state index in [-0.39, 0.29) is 6.04 Å².